The van der Waals surface area contributed by atoms with Gasteiger partial charge in [-0.05, 0) is 64.8 Å². The zero-order chi connectivity index (χ0) is 8.65. The molecule has 1 aromatic heterocycles. The molecule has 0 aliphatic heterocycles. The fourth-order valence-electron chi connectivity index (χ4n) is 1.03. The lowest BCUT2D eigenvalue weighted by atomic mass is 10.1. The van der Waals surface area contributed by atoms with Gasteiger partial charge in [0, 0.05) is 5.54 Å². The van der Waals surface area contributed by atoms with E-state index < -0.39 is 0 Å². The Kier molecular flexibility index (Phi) is 2.49. The monoisotopic (exact) mass is 279 g/mol. The van der Waals surface area contributed by atoms with Crippen molar-refractivity contribution in [1.82, 2.24) is 4.57 Å². The Bertz CT molecular complexity index is 238. The molecule has 1 aromatic rings. The zero-order valence-corrected chi connectivity index (χ0v) is 10.0. The summed E-state index contributed by atoms with van der Waals surface area (Å²) in [4.78, 5) is 0. The van der Waals surface area contributed by atoms with Crippen molar-refractivity contribution in [3.8, 4) is 0 Å². The van der Waals surface area contributed by atoms with Gasteiger partial charge in [-0.3, -0.25) is 0 Å². The van der Waals surface area contributed by atoms with Crippen molar-refractivity contribution in [3.63, 3.8) is 0 Å². The number of halogens is 2. The van der Waals surface area contributed by atoms with Crippen molar-refractivity contribution in [2.45, 2.75) is 26.3 Å². The van der Waals surface area contributed by atoms with Crippen LogP contribution in [0.4, 0.5) is 0 Å². The molecule has 3 heteroatoms. The third-order valence-electron chi connectivity index (χ3n) is 1.46. The van der Waals surface area contributed by atoms with Crippen molar-refractivity contribution >= 4 is 31.9 Å². The summed E-state index contributed by atoms with van der Waals surface area (Å²) in [6, 6.07) is 4.07. The van der Waals surface area contributed by atoms with E-state index in [1.54, 1.807) is 0 Å². The number of rotatable bonds is 0. The van der Waals surface area contributed by atoms with Crippen LogP contribution >= 0.6 is 31.9 Å². The average molecular weight is 281 g/mol. The van der Waals surface area contributed by atoms with Crippen molar-refractivity contribution in [1.29, 1.82) is 0 Å². The highest BCUT2D eigenvalue weighted by atomic mass is 79.9. The summed E-state index contributed by atoms with van der Waals surface area (Å²) in [5.74, 6) is 0. The molecule has 0 saturated carbocycles. The molecule has 0 radical (unpaired) electrons. The largest absolute Gasteiger partial charge is 0.325 e. The minimum Gasteiger partial charge on any atom is -0.325 e. The SMILES string of the molecule is CC(C)(C)n1c(Br)ccc1Br. The van der Waals surface area contributed by atoms with Gasteiger partial charge in [0.25, 0.3) is 0 Å². The van der Waals surface area contributed by atoms with Gasteiger partial charge >= 0.3 is 0 Å². The summed E-state index contributed by atoms with van der Waals surface area (Å²) in [5, 5.41) is 0. The van der Waals surface area contributed by atoms with Gasteiger partial charge in [0.1, 0.15) is 0 Å². The Balaban J connectivity index is 3.21. The summed E-state index contributed by atoms with van der Waals surface area (Å²) in [7, 11) is 0. The first-order valence-corrected chi connectivity index (χ1v) is 5.05. The molecule has 1 rings (SSSR count). The molecule has 0 aliphatic carbocycles. The quantitative estimate of drug-likeness (QED) is 0.682. The van der Waals surface area contributed by atoms with Gasteiger partial charge in [-0.2, -0.15) is 0 Å². The van der Waals surface area contributed by atoms with E-state index in [-0.39, 0.29) is 5.54 Å². The van der Waals surface area contributed by atoms with E-state index in [9.17, 15) is 0 Å². The molecular weight excluding hydrogens is 270 g/mol. The van der Waals surface area contributed by atoms with E-state index in [0.717, 1.165) is 9.21 Å². The van der Waals surface area contributed by atoms with Crippen molar-refractivity contribution in [3.05, 3.63) is 21.3 Å². The van der Waals surface area contributed by atoms with Gasteiger partial charge in [-0.25, -0.2) is 0 Å². The number of hydrogen-bond acceptors (Lipinski definition) is 0. The van der Waals surface area contributed by atoms with Crippen LogP contribution in [0.1, 0.15) is 20.8 Å². The lowest BCUT2D eigenvalue weighted by Crippen LogP contribution is -2.21. The molecule has 0 atom stereocenters. The van der Waals surface area contributed by atoms with Crippen LogP contribution in [0.5, 0.6) is 0 Å². The lowest BCUT2D eigenvalue weighted by molar-refractivity contribution is 0.385. The Hall–Kier alpha value is 0.240. The van der Waals surface area contributed by atoms with Crippen molar-refractivity contribution in [2.24, 2.45) is 0 Å². The molecule has 1 heterocycles. The molecule has 0 unspecified atom stereocenters. The van der Waals surface area contributed by atoms with Crippen LogP contribution < -0.4 is 0 Å². The molecule has 0 saturated heterocycles. The molecule has 0 fully saturated rings. The highest BCUT2D eigenvalue weighted by Crippen LogP contribution is 2.28. The maximum absolute atomic E-state index is 3.49. The first-order chi connectivity index (χ1) is 4.93. The number of aromatic nitrogens is 1. The summed E-state index contributed by atoms with van der Waals surface area (Å²) in [6.07, 6.45) is 0. The van der Waals surface area contributed by atoms with Gasteiger partial charge in [0.05, 0.1) is 9.21 Å². The van der Waals surface area contributed by atoms with E-state index in [2.05, 4.69) is 57.2 Å². The second-order valence-corrected chi connectivity index (χ2v) is 5.11. The molecule has 62 valence electrons. The third-order valence-corrected chi connectivity index (χ3v) is 2.69. The van der Waals surface area contributed by atoms with E-state index in [1.807, 2.05) is 12.1 Å². The molecule has 0 bridgehead atoms. The van der Waals surface area contributed by atoms with Crippen molar-refractivity contribution in [2.75, 3.05) is 0 Å². The third kappa shape index (κ3) is 1.88. The minimum absolute atomic E-state index is 0.126. The maximum Gasteiger partial charge on any atom is 0.0860 e. The molecular formula is C8H11Br2N. The van der Waals surface area contributed by atoms with E-state index in [0.29, 0.717) is 0 Å². The molecule has 0 N–H and O–H groups in total. The maximum atomic E-state index is 3.49. The van der Waals surface area contributed by atoms with Gasteiger partial charge in [0.15, 0.2) is 0 Å². The van der Waals surface area contributed by atoms with Gasteiger partial charge in [0.2, 0.25) is 0 Å². The van der Waals surface area contributed by atoms with Crippen LogP contribution in [0.3, 0.4) is 0 Å². The highest BCUT2D eigenvalue weighted by Gasteiger charge is 2.17. The average Bonchev–Trinajstić information content (AvgIpc) is 2.08. The molecule has 0 spiro atoms. The Morgan fingerprint density at radius 2 is 1.45 bits per heavy atom. The van der Waals surface area contributed by atoms with Crippen LogP contribution in [-0.2, 0) is 5.54 Å². The fourth-order valence-corrected chi connectivity index (χ4v) is 2.98. The number of nitrogens with zero attached hydrogens (tertiary/aromatic N) is 1. The standard InChI is InChI=1S/C8H11Br2N/c1-8(2,3)11-6(9)4-5-7(11)10/h4-5H,1-3H3. The molecule has 0 aromatic carbocycles. The smallest absolute Gasteiger partial charge is 0.0860 e. The first kappa shape index (κ1) is 9.33. The van der Waals surface area contributed by atoms with Gasteiger partial charge in [-0.1, -0.05) is 0 Å². The minimum atomic E-state index is 0.126. The Morgan fingerprint density at radius 1 is 1.09 bits per heavy atom. The van der Waals surface area contributed by atoms with Crippen LogP contribution in [0, 0.1) is 0 Å². The summed E-state index contributed by atoms with van der Waals surface area (Å²) >= 11 is 6.97. The van der Waals surface area contributed by atoms with E-state index in [4.69, 9.17) is 0 Å². The predicted octanol–water partition coefficient (Wildman–Crippen LogP) is 3.77. The predicted molar refractivity (Wildman–Crippen MR) is 54.8 cm³/mol. The van der Waals surface area contributed by atoms with Crippen molar-refractivity contribution < 1.29 is 0 Å². The molecule has 11 heavy (non-hydrogen) atoms. The molecule has 1 nitrogen and oxygen atoms in total. The first-order valence-electron chi connectivity index (χ1n) is 3.46. The van der Waals surface area contributed by atoms with E-state index >= 15 is 0 Å². The van der Waals surface area contributed by atoms with Crippen LogP contribution in [0.2, 0.25) is 0 Å². The van der Waals surface area contributed by atoms with E-state index in [1.165, 1.54) is 0 Å². The second-order valence-electron chi connectivity index (χ2n) is 3.49. The highest BCUT2D eigenvalue weighted by molar-refractivity contribution is 9.11. The molecule has 0 aliphatic rings. The Morgan fingerprint density at radius 3 is 1.64 bits per heavy atom. The Labute approximate surface area is 84.0 Å². The van der Waals surface area contributed by atoms with Crippen LogP contribution in [0.15, 0.2) is 21.3 Å². The lowest BCUT2D eigenvalue weighted by Gasteiger charge is -2.23. The summed E-state index contributed by atoms with van der Waals surface area (Å²) < 4.78 is 4.40. The topological polar surface area (TPSA) is 4.93 Å². The van der Waals surface area contributed by atoms with Gasteiger partial charge in [-0.15, -0.1) is 0 Å². The fraction of sp³-hybridized carbons (Fsp3) is 0.500. The van der Waals surface area contributed by atoms with Crippen LogP contribution in [0.25, 0.3) is 0 Å². The zero-order valence-electron chi connectivity index (χ0n) is 6.86. The second kappa shape index (κ2) is 2.94. The van der Waals surface area contributed by atoms with Gasteiger partial charge < -0.3 is 4.57 Å². The van der Waals surface area contributed by atoms with Crippen LogP contribution in [-0.4, -0.2) is 4.57 Å². The summed E-state index contributed by atoms with van der Waals surface area (Å²) in [6.45, 7) is 6.51. The summed E-state index contributed by atoms with van der Waals surface area (Å²) in [5.41, 5.74) is 0.126. The molecule has 0 amide bonds. The normalized spacial score (nSPS) is 12.1. The number of hydrogen-bond donors (Lipinski definition) is 0.